The minimum Gasteiger partial charge on any atom is -0.356 e. The van der Waals surface area contributed by atoms with Crippen LogP contribution in [-0.2, 0) is 17.6 Å². The third-order valence-corrected chi connectivity index (χ3v) is 4.92. The number of nitrogens with one attached hydrogen (secondary N) is 1. The number of carbonyl (C=O) groups is 1. The Balaban J connectivity index is 1.33. The number of aryl methyl sites for hydroxylation is 3. The Morgan fingerprint density at radius 1 is 1.00 bits per heavy atom. The third kappa shape index (κ3) is 4.53. The van der Waals surface area contributed by atoms with Gasteiger partial charge in [-0.15, -0.1) is 15.3 Å². The molecule has 0 unspecified atom stereocenters. The van der Waals surface area contributed by atoms with Crippen LogP contribution in [0.2, 0.25) is 0 Å². The molecule has 0 aliphatic rings. The molecule has 0 aliphatic heterocycles. The molecule has 30 heavy (non-hydrogen) atoms. The molecule has 0 aliphatic carbocycles. The number of hydrogen-bond acceptors (Lipinski definition) is 5. The van der Waals surface area contributed by atoms with E-state index in [1.54, 1.807) is 9.20 Å². The Bertz CT molecular complexity index is 1150. The molecule has 1 aromatic carbocycles. The van der Waals surface area contributed by atoms with Crippen LogP contribution in [0.25, 0.3) is 11.5 Å². The summed E-state index contributed by atoms with van der Waals surface area (Å²) in [6.07, 6.45) is 2.59. The average Bonchev–Trinajstić information content (AvgIpc) is 3.30. The number of hydrogen-bond donors (Lipinski definition) is 1. The Hall–Kier alpha value is -3.55. The van der Waals surface area contributed by atoms with E-state index in [2.05, 4.69) is 37.8 Å². The first-order chi connectivity index (χ1) is 14.6. The van der Waals surface area contributed by atoms with Gasteiger partial charge in [0.15, 0.2) is 17.3 Å². The Morgan fingerprint density at radius 3 is 2.60 bits per heavy atom. The highest BCUT2D eigenvalue weighted by Gasteiger charge is 2.11. The van der Waals surface area contributed by atoms with E-state index in [1.165, 1.54) is 5.56 Å². The SMILES string of the molecule is Cc1cc(C)n(-c2ccc3nnc(CCCC(=O)NCCc4ccccc4)n3n2)n1. The van der Waals surface area contributed by atoms with Crippen molar-refractivity contribution in [2.75, 3.05) is 6.54 Å². The van der Waals surface area contributed by atoms with Gasteiger partial charge in [0.25, 0.3) is 0 Å². The highest BCUT2D eigenvalue weighted by Crippen LogP contribution is 2.12. The molecule has 154 valence electrons. The predicted molar refractivity (Wildman–Crippen MR) is 113 cm³/mol. The van der Waals surface area contributed by atoms with Gasteiger partial charge in [-0.05, 0) is 50.5 Å². The van der Waals surface area contributed by atoms with Crippen molar-refractivity contribution < 1.29 is 4.79 Å². The van der Waals surface area contributed by atoms with Gasteiger partial charge < -0.3 is 5.32 Å². The van der Waals surface area contributed by atoms with Crippen LogP contribution in [0, 0.1) is 13.8 Å². The molecule has 0 fully saturated rings. The summed E-state index contributed by atoms with van der Waals surface area (Å²) in [6, 6.07) is 15.9. The van der Waals surface area contributed by atoms with Crippen LogP contribution in [0.1, 0.15) is 35.6 Å². The minimum atomic E-state index is 0.0519. The highest BCUT2D eigenvalue weighted by atomic mass is 16.1. The lowest BCUT2D eigenvalue weighted by molar-refractivity contribution is -0.121. The van der Waals surface area contributed by atoms with E-state index in [0.717, 1.165) is 23.6 Å². The fourth-order valence-corrected chi connectivity index (χ4v) is 3.44. The van der Waals surface area contributed by atoms with Gasteiger partial charge in [0.1, 0.15) is 0 Å². The van der Waals surface area contributed by atoms with Gasteiger partial charge in [-0.1, -0.05) is 30.3 Å². The maximum atomic E-state index is 12.1. The van der Waals surface area contributed by atoms with Crippen molar-refractivity contribution in [3.63, 3.8) is 0 Å². The maximum Gasteiger partial charge on any atom is 0.220 e. The molecular weight excluding hydrogens is 378 g/mol. The van der Waals surface area contributed by atoms with Crippen LogP contribution in [0.3, 0.4) is 0 Å². The smallest absolute Gasteiger partial charge is 0.220 e. The summed E-state index contributed by atoms with van der Waals surface area (Å²) in [5.74, 6) is 1.51. The van der Waals surface area contributed by atoms with Gasteiger partial charge in [-0.2, -0.15) is 9.61 Å². The van der Waals surface area contributed by atoms with Crippen LogP contribution < -0.4 is 5.32 Å². The average molecular weight is 403 g/mol. The third-order valence-electron chi connectivity index (χ3n) is 4.92. The van der Waals surface area contributed by atoms with E-state index < -0.39 is 0 Å². The van der Waals surface area contributed by atoms with Crippen molar-refractivity contribution in [1.82, 2.24) is 34.9 Å². The van der Waals surface area contributed by atoms with E-state index in [9.17, 15) is 4.79 Å². The van der Waals surface area contributed by atoms with E-state index in [0.29, 0.717) is 37.3 Å². The largest absolute Gasteiger partial charge is 0.356 e. The van der Waals surface area contributed by atoms with Gasteiger partial charge in [0, 0.05) is 25.1 Å². The Labute approximate surface area is 174 Å². The van der Waals surface area contributed by atoms with Crippen molar-refractivity contribution in [2.45, 2.75) is 39.5 Å². The second-order valence-corrected chi connectivity index (χ2v) is 7.36. The molecule has 0 radical (unpaired) electrons. The van der Waals surface area contributed by atoms with E-state index in [-0.39, 0.29) is 5.91 Å². The molecule has 1 amide bonds. The first-order valence-electron chi connectivity index (χ1n) is 10.2. The number of carbonyl (C=O) groups excluding carboxylic acids is 1. The molecule has 3 aromatic heterocycles. The summed E-state index contributed by atoms with van der Waals surface area (Å²) < 4.78 is 3.54. The molecular formula is C22H25N7O. The second-order valence-electron chi connectivity index (χ2n) is 7.36. The van der Waals surface area contributed by atoms with Crippen LogP contribution >= 0.6 is 0 Å². The summed E-state index contributed by atoms with van der Waals surface area (Å²) in [5, 5.41) is 20.5. The van der Waals surface area contributed by atoms with Crippen LogP contribution in [0.15, 0.2) is 48.5 Å². The predicted octanol–water partition coefficient (Wildman–Crippen LogP) is 2.61. The molecule has 0 saturated heterocycles. The molecule has 0 saturated carbocycles. The number of aromatic nitrogens is 6. The Kier molecular flexibility index (Phi) is 5.83. The maximum absolute atomic E-state index is 12.1. The lowest BCUT2D eigenvalue weighted by atomic mass is 10.1. The molecule has 1 N–H and O–H groups in total. The molecule has 8 heteroatoms. The highest BCUT2D eigenvalue weighted by molar-refractivity contribution is 5.75. The van der Waals surface area contributed by atoms with Gasteiger partial charge in [-0.3, -0.25) is 4.79 Å². The molecule has 0 bridgehead atoms. The van der Waals surface area contributed by atoms with Crippen LogP contribution in [0.4, 0.5) is 0 Å². The number of rotatable bonds is 8. The second kappa shape index (κ2) is 8.86. The topological polar surface area (TPSA) is 90.0 Å². The van der Waals surface area contributed by atoms with E-state index in [4.69, 9.17) is 0 Å². The van der Waals surface area contributed by atoms with Crippen molar-refractivity contribution >= 4 is 11.6 Å². The zero-order chi connectivity index (χ0) is 20.9. The number of nitrogens with zero attached hydrogens (tertiary/aromatic N) is 6. The van der Waals surface area contributed by atoms with E-state index in [1.807, 2.05) is 50.2 Å². The van der Waals surface area contributed by atoms with Crippen molar-refractivity contribution in [2.24, 2.45) is 0 Å². The number of fused-ring (bicyclic) bond motifs is 1. The summed E-state index contributed by atoms with van der Waals surface area (Å²) in [6.45, 7) is 4.59. The van der Waals surface area contributed by atoms with Crippen LogP contribution in [0.5, 0.6) is 0 Å². The number of amides is 1. The molecule has 3 heterocycles. The zero-order valence-corrected chi connectivity index (χ0v) is 17.2. The van der Waals surface area contributed by atoms with Gasteiger partial charge in [0.2, 0.25) is 5.91 Å². The van der Waals surface area contributed by atoms with E-state index >= 15 is 0 Å². The van der Waals surface area contributed by atoms with Crippen molar-refractivity contribution in [1.29, 1.82) is 0 Å². The zero-order valence-electron chi connectivity index (χ0n) is 17.2. The fourth-order valence-electron chi connectivity index (χ4n) is 3.44. The molecule has 8 nitrogen and oxygen atoms in total. The van der Waals surface area contributed by atoms with Crippen molar-refractivity contribution in [3.05, 3.63) is 71.3 Å². The first kappa shape index (κ1) is 19.8. The fraction of sp³-hybridized carbons (Fsp3) is 0.318. The molecule has 0 atom stereocenters. The van der Waals surface area contributed by atoms with Gasteiger partial charge in [0.05, 0.1) is 5.69 Å². The molecule has 4 aromatic rings. The lowest BCUT2D eigenvalue weighted by Crippen LogP contribution is -2.25. The van der Waals surface area contributed by atoms with Crippen LogP contribution in [-0.4, -0.2) is 42.0 Å². The standard InChI is InChI=1S/C22H25N7O/c1-16-15-17(2)28(26-16)21-12-11-20-25-24-19(29(20)27-21)9-6-10-22(30)23-14-13-18-7-4-3-5-8-18/h3-5,7-8,11-12,15H,6,9-10,13-14H2,1-2H3,(H,23,30). The van der Waals surface area contributed by atoms with Gasteiger partial charge in [-0.25, -0.2) is 4.68 Å². The van der Waals surface area contributed by atoms with Crippen molar-refractivity contribution in [3.8, 4) is 5.82 Å². The Morgan fingerprint density at radius 2 is 1.83 bits per heavy atom. The number of benzene rings is 1. The lowest BCUT2D eigenvalue weighted by Gasteiger charge is -2.06. The first-order valence-corrected chi connectivity index (χ1v) is 10.2. The summed E-state index contributed by atoms with van der Waals surface area (Å²) in [7, 11) is 0. The summed E-state index contributed by atoms with van der Waals surface area (Å²) in [5.41, 5.74) is 3.86. The monoisotopic (exact) mass is 403 g/mol. The summed E-state index contributed by atoms with van der Waals surface area (Å²) >= 11 is 0. The summed E-state index contributed by atoms with van der Waals surface area (Å²) in [4.78, 5) is 12.1. The van der Waals surface area contributed by atoms with Gasteiger partial charge >= 0.3 is 0 Å². The molecule has 4 rings (SSSR count). The molecule has 0 spiro atoms. The normalized spacial score (nSPS) is 11.1. The quantitative estimate of drug-likeness (QED) is 0.488. The minimum absolute atomic E-state index is 0.0519.